The molecule has 3 rings (SSSR count). The number of carbonyl (C=O) groups is 1. The summed E-state index contributed by atoms with van der Waals surface area (Å²) in [7, 11) is 0. The minimum Gasteiger partial charge on any atom is -0.484 e. The van der Waals surface area contributed by atoms with Crippen LogP contribution in [0, 0.1) is 0 Å². The van der Waals surface area contributed by atoms with Gasteiger partial charge in [0.15, 0.2) is 6.61 Å². The Bertz CT molecular complexity index is 898. The third-order valence-electron chi connectivity index (χ3n) is 3.20. The summed E-state index contributed by atoms with van der Waals surface area (Å²) in [5.74, 6) is 0.402. The lowest BCUT2D eigenvalue weighted by molar-refractivity contribution is -0.113. The molecule has 0 radical (unpaired) electrons. The maximum Gasteiger partial charge on any atom is 0.259 e. The number of hydrogen-bond donors (Lipinski definition) is 0. The van der Waals surface area contributed by atoms with Crippen LogP contribution in [0.15, 0.2) is 64.0 Å². The smallest absolute Gasteiger partial charge is 0.259 e. The zero-order valence-corrected chi connectivity index (χ0v) is 12.2. The molecule has 2 aromatic carbocycles. The molecular formula is C17H11ClO4. The van der Waals surface area contributed by atoms with E-state index in [1.54, 1.807) is 48.5 Å². The molecule has 0 fully saturated rings. The molecule has 0 aliphatic rings. The van der Waals surface area contributed by atoms with Crippen molar-refractivity contribution in [2.45, 2.75) is 0 Å². The minimum atomic E-state index is -0.611. The quantitative estimate of drug-likeness (QED) is 0.690. The Kier molecular flexibility index (Phi) is 3.94. The molecule has 0 aliphatic carbocycles. The van der Waals surface area contributed by atoms with Crippen LogP contribution in [0.4, 0.5) is 0 Å². The lowest BCUT2D eigenvalue weighted by atomic mass is 10.0. The van der Waals surface area contributed by atoms with Gasteiger partial charge in [-0.2, -0.15) is 0 Å². The molecule has 22 heavy (non-hydrogen) atoms. The van der Waals surface area contributed by atoms with Gasteiger partial charge < -0.3 is 9.15 Å². The summed E-state index contributed by atoms with van der Waals surface area (Å²) in [6.45, 7) is -0.266. The molecule has 0 amide bonds. The van der Waals surface area contributed by atoms with Gasteiger partial charge in [0.05, 0.1) is 10.9 Å². The number of fused-ring (bicyclic) bond motifs is 1. The Morgan fingerprint density at radius 3 is 2.59 bits per heavy atom. The molecule has 110 valence electrons. The molecular weight excluding hydrogens is 304 g/mol. The maximum atomic E-state index is 12.6. The molecule has 0 aliphatic heterocycles. The lowest BCUT2D eigenvalue weighted by Crippen LogP contribution is -2.08. The molecule has 0 spiro atoms. The largest absolute Gasteiger partial charge is 0.484 e. The molecule has 5 heteroatoms. The highest BCUT2D eigenvalue weighted by Crippen LogP contribution is 2.29. The van der Waals surface area contributed by atoms with Gasteiger partial charge in [-0.25, -0.2) is 0 Å². The number of carbonyl (C=O) groups excluding carboxylic acids is 1. The molecule has 0 N–H and O–H groups in total. The molecule has 0 saturated heterocycles. The van der Waals surface area contributed by atoms with Crippen LogP contribution in [-0.4, -0.2) is 11.8 Å². The first kappa shape index (κ1) is 14.4. The third-order valence-corrected chi connectivity index (χ3v) is 3.31. The zero-order valence-electron chi connectivity index (χ0n) is 11.4. The molecule has 0 atom stereocenters. The van der Waals surface area contributed by atoms with Crippen molar-refractivity contribution in [2.24, 2.45) is 0 Å². The summed E-state index contributed by atoms with van der Waals surface area (Å²) in [4.78, 5) is 23.5. The average Bonchev–Trinajstić information content (AvgIpc) is 2.54. The molecule has 0 unspecified atom stereocenters. The standard InChI is InChI=1S/C17H11ClO4/c18-16(19)10-22-14-7-3-1-5-11(14)13-9-21-15-8-4-2-6-12(15)17(13)20/h1-9H,10H2. The van der Waals surface area contributed by atoms with Gasteiger partial charge in [0.1, 0.15) is 17.6 Å². The monoisotopic (exact) mass is 314 g/mol. The SMILES string of the molecule is O=C(Cl)COc1ccccc1-c1coc2ccccc2c1=O. The molecule has 0 saturated carbocycles. The summed E-state index contributed by atoms with van der Waals surface area (Å²) in [5.41, 5.74) is 1.29. The Labute approximate surface area is 130 Å². The van der Waals surface area contributed by atoms with Crippen LogP contribution in [0.2, 0.25) is 0 Å². The van der Waals surface area contributed by atoms with Crippen molar-refractivity contribution in [3.8, 4) is 16.9 Å². The van der Waals surface area contributed by atoms with Crippen molar-refractivity contribution in [3.05, 3.63) is 65.0 Å². The highest BCUT2D eigenvalue weighted by Gasteiger charge is 2.13. The van der Waals surface area contributed by atoms with Crippen molar-refractivity contribution >= 4 is 27.8 Å². The van der Waals surface area contributed by atoms with Crippen molar-refractivity contribution in [2.75, 3.05) is 6.61 Å². The van der Waals surface area contributed by atoms with Gasteiger partial charge >= 0.3 is 0 Å². The highest BCUT2D eigenvalue weighted by atomic mass is 35.5. The van der Waals surface area contributed by atoms with Crippen molar-refractivity contribution in [1.82, 2.24) is 0 Å². The predicted octanol–water partition coefficient (Wildman–Crippen LogP) is 3.60. The van der Waals surface area contributed by atoms with E-state index in [-0.39, 0.29) is 12.0 Å². The number of ether oxygens (including phenoxy) is 1. The maximum absolute atomic E-state index is 12.6. The van der Waals surface area contributed by atoms with Crippen LogP contribution >= 0.6 is 11.6 Å². The summed E-state index contributed by atoms with van der Waals surface area (Å²) in [6.07, 6.45) is 1.40. The molecule has 1 heterocycles. The van der Waals surface area contributed by atoms with E-state index in [2.05, 4.69) is 0 Å². The second kappa shape index (κ2) is 6.03. The number of benzene rings is 2. The summed E-state index contributed by atoms with van der Waals surface area (Å²) < 4.78 is 10.9. The van der Waals surface area contributed by atoms with Gasteiger partial charge in [0.2, 0.25) is 5.43 Å². The van der Waals surface area contributed by atoms with Gasteiger partial charge in [-0.1, -0.05) is 30.3 Å². The third kappa shape index (κ3) is 2.73. The average molecular weight is 315 g/mol. The summed E-state index contributed by atoms with van der Waals surface area (Å²) in [5, 5.41) is -0.122. The van der Waals surface area contributed by atoms with Gasteiger partial charge in [-0.15, -0.1) is 0 Å². The van der Waals surface area contributed by atoms with Gasteiger partial charge in [-0.3, -0.25) is 9.59 Å². The van der Waals surface area contributed by atoms with Crippen molar-refractivity contribution < 1.29 is 13.9 Å². The normalized spacial score (nSPS) is 10.6. The van der Waals surface area contributed by atoms with E-state index < -0.39 is 5.24 Å². The van der Waals surface area contributed by atoms with Crippen LogP contribution in [-0.2, 0) is 4.79 Å². The van der Waals surface area contributed by atoms with E-state index in [9.17, 15) is 9.59 Å². The highest BCUT2D eigenvalue weighted by molar-refractivity contribution is 6.63. The first-order valence-corrected chi connectivity index (χ1v) is 6.95. The number of hydrogen-bond acceptors (Lipinski definition) is 4. The van der Waals surface area contributed by atoms with Crippen LogP contribution < -0.4 is 10.2 Å². The van der Waals surface area contributed by atoms with E-state index >= 15 is 0 Å². The van der Waals surface area contributed by atoms with Crippen LogP contribution in [0.3, 0.4) is 0 Å². The Balaban J connectivity index is 2.14. The summed E-state index contributed by atoms with van der Waals surface area (Å²) in [6, 6.07) is 13.9. The van der Waals surface area contributed by atoms with Gasteiger partial charge in [0, 0.05) is 5.56 Å². The van der Waals surface area contributed by atoms with Crippen LogP contribution in [0.25, 0.3) is 22.1 Å². The molecule has 1 aromatic heterocycles. The van der Waals surface area contributed by atoms with Gasteiger partial charge in [-0.05, 0) is 29.8 Å². The summed E-state index contributed by atoms with van der Waals surface area (Å²) >= 11 is 5.29. The lowest BCUT2D eigenvalue weighted by Gasteiger charge is -2.09. The van der Waals surface area contributed by atoms with Crippen molar-refractivity contribution in [3.63, 3.8) is 0 Å². The number of halogens is 1. The molecule has 4 nitrogen and oxygen atoms in total. The Morgan fingerprint density at radius 1 is 1.05 bits per heavy atom. The first-order valence-electron chi connectivity index (χ1n) is 6.58. The van der Waals surface area contributed by atoms with Crippen LogP contribution in [0.1, 0.15) is 0 Å². The van der Waals surface area contributed by atoms with E-state index in [0.717, 1.165) is 0 Å². The zero-order chi connectivity index (χ0) is 15.5. The van der Waals surface area contributed by atoms with Gasteiger partial charge in [0.25, 0.3) is 5.24 Å². The fourth-order valence-corrected chi connectivity index (χ4v) is 2.27. The van der Waals surface area contributed by atoms with E-state index in [0.29, 0.717) is 27.8 Å². The number of para-hydroxylation sites is 2. The second-order valence-corrected chi connectivity index (χ2v) is 5.04. The van der Waals surface area contributed by atoms with E-state index in [1.165, 1.54) is 6.26 Å². The fraction of sp³-hybridized carbons (Fsp3) is 0.0588. The van der Waals surface area contributed by atoms with E-state index in [4.69, 9.17) is 20.8 Å². The Hall–Kier alpha value is -2.59. The fourth-order valence-electron chi connectivity index (χ4n) is 2.21. The van der Waals surface area contributed by atoms with Crippen LogP contribution in [0.5, 0.6) is 5.75 Å². The predicted molar refractivity (Wildman–Crippen MR) is 84.3 cm³/mol. The number of rotatable bonds is 4. The molecule has 3 aromatic rings. The topological polar surface area (TPSA) is 56.5 Å². The first-order chi connectivity index (χ1) is 10.7. The van der Waals surface area contributed by atoms with E-state index in [1.807, 2.05) is 0 Å². The minimum absolute atomic E-state index is 0.157. The Morgan fingerprint density at radius 2 is 1.77 bits per heavy atom. The molecule has 0 bridgehead atoms. The van der Waals surface area contributed by atoms with Crippen molar-refractivity contribution in [1.29, 1.82) is 0 Å². The second-order valence-electron chi connectivity index (χ2n) is 4.61.